The highest BCUT2D eigenvalue weighted by atomic mass is 35.5. The van der Waals surface area contributed by atoms with Gasteiger partial charge in [0.15, 0.2) is 0 Å². The lowest BCUT2D eigenvalue weighted by Gasteiger charge is -2.24. The summed E-state index contributed by atoms with van der Waals surface area (Å²) in [7, 11) is -3.48. The van der Waals surface area contributed by atoms with E-state index in [4.69, 9.17) is 16.9 Å². The van der Waals surface area contributed by atoms with E-state index in [1.165, 1.54) is 4.31 Å². The first-order valence-electron chi connectivity index (χ1n) is 5.92. The molecule has 0 saturated carbocycles. The van der Waals surface area contributed by atoms with Gasteiger partial charge >= 0.3 is 0 Å². The lowest BCUT2D eigenvalue weighted by Crippen LogP contribution is -2.34. The second-order valence-corrected chi connectivity index (χ2v) is 6.72. The van der Waals surface area contributed by atoms with Gasteiger partial charge in [-0.2, -0.15) is 5.26 Å². The van der Waals surface area contributed by atoms with Gasteiger partial charge in [-0.05, 0) is 37.1 Å². The zero-order chi connectivity index (χ0) is 14.5. The van der Waals surface area contributed by atoms with Crippen molar-refractivity contribution in [2.75, 3.05) is 22.5 Å². The Morgan fingerprint density at radius 3 is 2.32 bits per heavy atom. The highest BCUT2D eigenvalue weighted by Crippen LogP contribution is 2.22. The summed E-state index contributed by atoms with van der Waals surface area (Å²) >= 11 is 5.54. The van der Waals surface area contributed by atoms with E-state index in [0.29, 0.717) is 5.69 Å². The van der Waals surface area contributed by atoms with Crippen LogP contribution in [0.1, 0.15) is 17.5 Å². The fourth-order valence-corrected chi connectivity index (χ4v) is 3.68. The number of nitriles is 1. The standard InChI is InChI=1S/C13H17ClN2O2S/c1-11-8-12(2)10-13(9-11)16(6-3-5-15)19(17,18)7-4-14/h8-10H,3-4,6-7H2,1-2H3. The number of aryl methyl sites for hydroxylation is 2. The number of benzene rings is 1. The van der Waals surface area contributed by atoms with E-state index in [9.17, 15) is 8.42 Å². The van der Waals surface area contributed by atoms with Crippen molar-refractivity contribution in [1.29, 1.82) is 5.26 Å². The Labute approximate surface area is 119 Å². The molecule has 104 valence electrons. The van der Waals surface area contributed by atoms with Gasteiger partial charge in [-0.25, -0.2) is 8.42 Å². The summed E-state index contributed by atoms with van der Waals surface area (Å²) in [6, 6.07) is 7.55. The van der Waals surface area contributed by atoms with E-state index in [-0.39, 0.29) is 24.6 Å². The minimum atomic E-state index is -3.48. The molecule has 0 saturated heterocycles. The Hall–Kier alpha value is -1.25. The minimum Gasteiger partial charge on any atom is -0.269 e. The number of hydrogen-bond donors (Lipinski definition) is 0. The Morgan fingerprint density at radius 1 is 1.26 bits per heavy atom. The molecule has 0 aliphatic carbocycles. The molecule has 4 nitrogen and oxygen atoms in total. The third kappa shape index (κ3) is 4.41. The van der Waals surface area contributed by atoms with E-state index in [2.05, 4.69) is 0 Å². The molecule has 0 radical (unpaired) electrons. The Kier molecular flexibility index (Phi) is 5.64. The first-order chi connectivity index (χ1) is 8.90. The van der Waals surface area contributed by atoms with Crippen LogP contribution in [0.5, 0.6) is 0 Å². The van der Waals surface area contributed by atoms with Crippen molar-refractivity contribution in [1.82, 2.24) is 0 Å². The zero-order valence-electron chi connectivity index (χ0n) is 11.1. The van der Waals surface area contributed by atoms with E-state index in [1.54, 1.807) is 12.1 Å². The maximum atomic E-state index is 12.2. The lowest BCUT2D eigenvalue weighted by atomic mass is 10.1. The fourth-order valence-electron chi connectivity index (χ4n) is 1.88. The van der Waals surface area contributed by atoms with E-state index >= 15 is 0 Å². The van der Waals surface area contributed by atoms with Crippen LogP contribution in [0.3, 0.4) is 0 Å². The van der Waals surface area contributed by atoms with Gasteiger partial charge in [0.1, 0.15) is 0 Å². The number of alkyl halides is 1. The molecule has 0 atom stereocenters. The third-order valence-corrected chi connectivity index (χ3v) is 4.79. The van der Waals surface area contributed by atoms with Gasteiger partial charge in [0.2, 0.25) is 10.0 Å². The lowest BCUT2D eigenvalue weighted by molar-refractivity contribution is 0.592. The first kappa shape index (κ1) is 15.8. The summed E-state index contributed by atoms with van der Waals surface area (Å²) in [6.45, 7) is 3.97. The number of anilines is 1. The van der Waals surface area contributed by atoms with Crippen molar-refractivity contribution >= 4 is 27.3 Å². The Balaban J connectivity index is 3.20. The molecule has 0 fully saturated rings. The normalized spacial score (nSPS) is 11.1. The number of rotatable bonds is 6. The summed E-state index contributed by atoms with van der Waals surface area (Å²) in [5, 5.41) is 8.67. The topological polar surface area (TPSA) is 61.2 Å². The predicted octanol–water partition coefficient (Wildman–Crippen LogP) is 2.59. The summed E-state index contributed by atoms with van der Waals surface area (Å²) in [5.41, 5.74) is 2.56. The van der Waals surface area contributed by atoms with Gasteiger partial charge < -0.3 is 0 Å². The summed E-state index contributed by atoms with van der Waals surface area (Å²) in [5.74, 6) is -0.0941. The Bertz CT molecular complexity index is 559. The minimum absolute atomic E-state index is 0.0379. The van der Waals surface area contributed by atoms with Crippen LogP contribution >= 0.6 is 11.6 Å². The van der Waals surface area contributed by atoms with Crippen LogP contribution in [0.15, 0.2) is 18.2 Å². The van der Waals surface area contributed by atoms with Crippen molar-refractivity contribution in [3.63, 3.8) is 0 Å². The van der Waals surface area contributed by atoms with Crippen molar-refractivity contribution in [2.24, 2.45) is 0 Å². The molecule has 6 heteroatoms. The molecule has 1 aromatic carbocycles. The first-order valence-corrected chi connectivity index (χ1v) is 8.06. The molecule has 0 heterocycles. The zero-order valence-corrected chi connectivity index (χ0v) is 12.6. The smallest absolute Gasteiger partial charge is 0.236 e. The van der Waals surface area contributed by atoms with Gasteiger partial charge in [0.25, 0.3) is 0 Å². The molecule has 1 rings (SSSR count). The van der Waals surface area contributed by atoms with Crippen LogP contribution in [0.2, 0.25) is 0 Å². The van der Waals surface area contributed by atoms with Crippen LogP contribution in [-0.2, 0) is 10.0 Å². The van der Waals surface area contributed by atoms with E-state index in [1.807, 2.05) is 26.0 Å². The van der Waals surface area contributed by atoms with Crippen LogP contribution in [0, 0.1) is 25.2 Å². The molecule has 0 aromatic heterocycles. The van der Waals surface area contributed by atoms with Crippen molar-refractivity contribution in [3.05, 3.63) is 29.3 Å². The molecule has 0 N–H and O–H groups in total. The molecular weight excluding hydrogens is 284 g/mol. The van der Waals surface area contributed by atoms with E-state index < -0.39 is 10.0 Å². The van der Waals surface area contributed by atoms with Crippen molar-refractivity contribution in [3.8, 4) is 6.07 Å². The van der Waals surface area contributed by atoms with Gasteiger partial charge in [0.05, 0.1) is 23.9 Å². The predicted molar refractivity (Wildman–Crippen MR) is 78.0 cm³/mol. The number of nitrogens with zero attached hydrogens (tertiary/aromatic N) is 2. The monoisotopic (exact) mass is 300 g/mol. The van der Waals surface area contributed by atoms with Crippen molar-refractivity contribution in [2.45, 2.75) is 20.3 Å². The number of hydrogen-bond acceptors (Lipinski definition) is 3. The maximum absolute atomic E-state index is 12.2. The van der Waals surface area contributed by atoms with Gasteiger partial charge in [-0.3, -0.25) is 4.31 Å². The molecule has 19 heavy (non-hydrogen) atoms. The van der Waals surface area contributed by atoms with Gasteiger partial charge in [-0.15, -0.1) is 11.6 Å². The van der Waals surface area contributed by atoms with Gasteiger partial charge in [0, 0.05) is 12.4 Å². The SMILES string of the molecule is Cc1cc(C)cc(N(CCC#N)S(=O)(=O)CCCl)c1. The summed E-state index contributed by atoms with van der Waals surface area (Å²) < 4.78 is 25.7. The number of halogens is 1. The molecule has 0 unspecified atom stereocenters. The maximum Gasteiger partial charge on any atom is 0.236 e. The van der Waals surface area contributed by atoms with Crippen LogP contribution in [0.25, 0.3) is 0 Å². The molecular formula is C13H17ClN2O2S. The van der Waals surface area contributed by atoms with Crippen LogP contribution < -0.4 is 4.31 Å². The highest BCUT2D eigenvalue weighted by molar-refractivity contribution is 7.92. The molecule has 1 aromatic rings. The molecule has 0 aliphatic rings. The number of sulfonamides is 1. The van der Waals surface area contributed by atoms with Gasteiger partial charge in [-0.1, -0.05) is 6.07 Å². The van der Waals surface area contributed by atoms with E-state index in [0.717, 1.165) is 11.1 Å². The molecule has 0 spiro atoms. The largest absolute Gasteiger partial charge is 0.269 e. The molecule has 0 bridgehead atoms. The quantitative estimate of drug-likeness (QED) is 0.759. The third-order valence-electron chi connectivity index (χ3n) is 2.59. The van der Waals surface area contributed by atoms with Crippen LogP contribution in [-0.4, -0.2) is 26.6 Å². The van der Waals surface area contributed by atoms with Crippen molar-refractivity contribution < 1.29 is 8.42 Å². The summed E-state index contributed by atoms with van der Waals surface area (Å²) in [4.78, 5) is 0. The Morgan fingerprint density at radius 2 is 1.84 bits per heavy atom. The summed E-state index contributed by atoms with van der Waals surface area (Å²) in [6.07, 6.45) is 0.147. The highest BCUT2D eigenvalue weighted by Gasteiger charge is 2.21. The van der Waals surface area contributed by atoms with Crippen LogP contribution in [0.4, 0.5) is 5.69 Å². The second kappa shape index (κ2) is 6.78. The average molecular weight is 301 g/mol. The molecule has 0 aliphatic heterocycles. The average Bonchev–Trinajstić information content (AvgIpc) is 2.27. The second-order valence-electron chi connectivity index (χ2n) is 4.33. The fraction of sp³-hybridized carbons (Fsp3) is 0.462. The molecule has 0 amide bonds.